The number of nitrogens with zero attached hydrogens (tertiary/aromatic N) is 1. The lowest BCUT2D eigenvalue weighted by Gasteiger charge is -2.09. The molecule has 0 aromatic heterocycles. The van der Waals surface area contributed by atoms with Crippen molar-refractivity contribution in [3.05, 3.63) is 119 Å². The topological polar surface area (TPSA) is 47.9 Å². The Bertz CT molecular complexity index is 1380. The largest absolute Gasteiger partial charge is 0.489 e. The fourth-order valence-electron chi connectivity index (χ4n) is 3.64. The minimum Gasteiger partial charge on any atom is -0.489 e. The first-order chi connectivity index (χ1) is 15.7. The Labute approximate surface area is 186 Å². The van der Waals surface area contributed by atoms with E-state index in [-0.39, 0.29) is 5.70 Å². The average molecular weight is 419 g/mol. The molecule has 1 aliphatic rings. The number of aryl methyl sites for hydroxylation is 1. The van der Waals surface area contributed by atoms with Crippen LogP contribution in [0.2, 0.25) is 0 Å². The number of rotatable bonds is 5. The number of cyclic esters (lactones) is 1. The molecule has 0 bridgehead atoms. The van der Waals surface area contributed by atoms with Crippen molar-refractivity contribution < 1.29 is 14.3 Å². The lowest BCUT2D eigenvalue weighted by molar-refractivity contribution is -0.129. The number of fused-ring (bicyclic) bond motifs is 1. The van der Waals surface area contributed by atoms with Crippen molar-refractivity contribution in [2.75, 3.05) is 0 Å². The quantitative estimate of drug-likeness (QED) is 0.291. The molecule has 0 saturated carbocycles. The third-order valence-electron chi connectivity index (χ3n) is 5.43. The molecule has 0 saturated heterocycles. The molecule has 0 unspecified atom stereocenters. The minimum atomic E-state index is -0.459. The van der Waals surface area contributed by atoms with Crippen LogP contribution in [0.3, 0.4) is 0 Å². The normalized spacial score (nSPS) is 14.5. The van der Waals surface area contributed by atoms with Crippen molar-refractivity contribution in [3.8, 4) is 5.75 Å². The van der Waals surface area contributed by atoms with Gasteiger partial charge in [-0.05, 0) is 64.7 Å². The van der Waals surface area contributed by atoms with Crippen LogP contribution in [0.5, 0.6) is 5.75 Å². The molecule has 0 radical (unpaired) electrons. The van der Waals surface area contributed by atoms with Gasteiger partial charge < -0.3 is 9.47 Å². The third-order valence-corrected chi connectivity index (χ3v) is 5.43. The number of esters is 1. The van der Waals surface area contributed by atoms with E-state index in [0.717, 1.165) is 33.2 Å². The van der Waals surface area contributed by atoms with Crippen molar-refractivity contribution in [1.82, 2.24) is 0 Å². The molecule has 0 N–H and O–H groups in total. The summed E-state index contributed by atoms with van der Waals surface area (Å²) in [5.74, 6) is 0.589. The van der Waals surface area contributed by atoms with Crippen molar-refractivity contribution in [2.24, 2.45) is 4.99 Å². The van der Waals surface area contributed by atoms with Gasteiger partial charge in [0.2, 0.25) is 5.90 Å². The molecular formula is C28H21NO3. The van der Waals surface area contributed by atoms with Gasteiger partial charge in [0.25, 0.3) is 0 Å². The van der Waals surface area contributed by atoms with Crippen molar-refractivity contribution in [3.63, 3.8) is 0 Å². The summed E-state index contributed by atoms with van der Waals surface area (Å²) in [6, 6.07) is 29.7. The first kappa shape index (κ1) is 19.8. The van der Waals surface area contributed by atoms with Crippen molar-refractivity contribution >= 4 is 28.7 Å². The van der Waals surface area contributed by atoms with Crippen LogP contribution in [0.1, 0.15) is 22.3 Å². The summed E-state index contributed by atoms with van der Waals surface area (Å²) < 4.78 is 11.4. The fourth-order valence-corrected chi connectivity index (χ4v) is 3.64. The summed E-state index contributed by atoms with van der Waals surface area (Å²) in [5, 5.41) is 2.19. The van der Waals surface area contributed by atoms with Gasteiger partial charge in [-0.3, -0.25) is 0 Å². The lowest BCUT2D eigenvalue weighted by atomic mass is 10.1. The minimum absolute atomic E-state index is 0.268. The van der Waals surface area contributed by atoms with E-state index < -0.39 is 5.97 Å². The van der Waals surface area contributed by atoms with Gasteiger partial charge in [0.1, 0.15) is 12.4 Å². The van der Waals surface area contributed by atoms with Gasteiger partial charge in [0.05, 0.1) is 0 Å². The summed E-state index contributed by atoms with van der Waals surface area (Å²) >= 11 is 0. The van der Waals surface area contributed by atoms with Crippen LogP contribution >= 0.6 is 0 Å². The first-order valence-corrected chi connectivity index (χ1v) is 10.4. The molecule has 0 fully saturated rings. The molecule has 0 atom stereocenters. The van der Waals surface area contributed by atoms with Crippen LogP contribution in [0, 0.1) is 6.92 Å². The van der Waals surface area contributed by atoms with Crippen molar-refractivity contribution in [2.45, 2.75) is 13.5 Å². The second kappa shape index (κ2) is 8.52. The number of ether oxygens (including phenoxy) is 2. The summed E-state index contributed by atoms with van der Waals surface area (Å²) in [5.41, 5.74) is 4.19. The summed E-state index contributed by atoms with van der Waals surface area (Å²) in [6.07, 6.45) is 1.72. The van der Waals surface area contributed by atoms with E-state index in [2.05, 4.69) is 24.0 Å². The lowest BCUT2D eigenvalue weighted by Crippen LogP contribution is -2.05. The van der Waals surface area contributed by atoms with E-state index in [9.17, 15) is 4.79 Å². The maximum Gasteiger partial charge on any atom is 0.363 e. The zero-order valence-electron chi connectivity index (χ0n) is 17.6. The fraction of sp³-hybridized carbons (Fsp3) is 0.0714. The standard InChI is InChI=1S/C28H21NO3/c1-19-7-2-3-11-24(19)18-31-25-12-6-8-20(15-25)16-26-28(30)32-27(29-26)23-14-13-21-9-4-5-10-22(21)17-23/h2-17H,18H2,1H3/b26-16-. The monoisotopic (exact) mass is 419 g/mol. The number of hydrogen-bond donors (Lipinski definition) is 0. The SMILES string of the molecule is Cc1ccccc1COc1cccc(/C=C2\N=C(c3ccc4ccccc4c3)OC2=O)c1. The molecule has 4 heteroatoms. The number of carbonyl (C=O) groups excluding carboxylic acids is 1. The molecule has 4 aromatic carbocycles. The Morgan fingerprint density at radius 1 is 0.875 bits per heavy atom. The Kier molecular flexibility index (Phi) is 5.26. The van der Waals surface area contributed by atoms with Crippen LogP contribution < -0.4 is 4.74 Å². The zero-order chi connectivity index (χ0) is 21.9. The van der Waals surface area contributed by atoms with Gasteiger partial charge in [-0.15, -0.1) is 0 Å². The summed E-state index contributed by atoms with van der Waals surface area (Å²) in [6.45, 7) is 2.55. The number of hydrogen-bond acceptors (Lipinski definition) is 4. The first-order valence-electron chi connectivity index (χ1n) is 10.4. The highest BCUT2D eigenvalue weighted by Gasteiger charge is 2.24. The summed E-state index contributed by atoms with van der Waals surface area (Å²) in [4.78, 5) is 16.9. The van der Waals surface area contributed by atoms with Gasteiger partial charge in [0, 0.05) is 5.56 Å². The molecule has 156 valence electrons. The van der Waals surface area contributed by atoms with Crippen LogP contribution in [0.25, 0.3) is 16.8 Å². The Hall–Kier alpha value is -4.18. The van der Waals surface area contributed by atoms with E-state index in [0.29, 0.717) is 12.5 Å². The van der Waals surface area contributed by atoms with Gasteiger partial charge in [-0.2, -0.15) is 0 Å². The highest BCUT2D eigenvalue weighted by molar-refractivity contribution is 6.13. The van der Waals surface area contributed by atoms with E-state index in [1.807, 2.05) is 78.9 Å². The molecule has 32 heavy (non-hydrogen) atoms. The smallest absolute Gasteiger partial charge is 0.363 e. The second-order valence-corrected chi connectivity index (χ2v) is 7.69. The molecular weight excluding hydrogens is 398 g/mol. The molecule has 4 aromatic rings. The molecule has 0 amide bonds. The molecule has 5 rings (SSSR count). The number of aliphatic imine (C=N–C) groups is 1. The molecule has 0 spiro atoms. The van der Waals surface area contributed by atoms with Gasteiger partial charge >= 0.3 is 5.97 Å². The maximum absolute atomic E-state index is 12.4. The number of carbonyl (C=O) groups is 1. The van der Waals surface area contributed by atoms with Crippen LogP contribution in [0.15, 0.2) is 102 Å². The summed E-state index contributed by atoms with van der Waals surface area (Å²) in [7, 11) is 0. The van der Waals surface area contributed by atoms with Crippen LogP contribution in [-0.4, -0.2) is 11.9 Å². The maximum atomic E-state index is 12.4. The predicted octanol–water partition coefficient (Wildman–Crippen LogP) is 6.07. The molecule has 0 aliphatic carbocycles. The molecule has 1 aliphatic heterocycles. The van der Waals surface area contributed by atoms with Crippen LogP contribution in [-0.2, 0) is 16.1 Å². The zero-order valence-corrected chi connectivity index (χ0v) is 17.6. The van der Waals surface area contributed by atoms with E-state index in [1.54, 1.807) is 6.08 Å². The Morgan fingerprint density at radius 2 is 1.69 bits per heavy atom. The third kappa shape index (κ3) is 4.16. The van der Waals surface area contributed by atoms with E-state index >= 15 is 0 Å². The van der Waals surface area contributed by atoms with E-state index in [4.69, 9.17) is 9.47 Å². The average Bonchev–Trinajstić information content (AvgIpc) is 3.18. The van der Waals surface area contributed by atoms with Gasteiger partial charge in [-0.1, -0.05) is 66.7 Å². The molecule has 4 nitrogen and oxygen atoms in total. The van der Waals surface area contributed by atoms with E-state index in [1.165, 1.54) is 5.56 Å². The Balaban J connectivity index is 1.37. The highest BCUT2D eigenvalue weighted by Crippen LogP contribution is 2.24. The van der Waals surface area contributed by atoms with Gasteiger partial charge in [-0.25, -0.2) is 9.79 Å². The number of benzene rings is 4. The predicted molar refractivity (Wildman–Crippen MR) is 127 cm³/mol. The second-order valence-electron chi connectivity index (χ2n) is 7.69. The Morgan fingerprint density at radius 3 is 2.56 bits per heavy atom. The highest BCUT2D eigenvalue weighted by atomic mass is 16.6. The molecule has 1 heterocycles. The van der Waals surface area contributed by atoms with Crippen LogP contribution in [0.4, 0.5) is 0 Å². The van der Waals surface area contributed by atoms with Gasteiger partial charge in [0.15, 0.2) is 5.70 Å². The van der Waals surface area contributed by atoms with Crippen molar-refractivity contribution in [1.29, 1.82) is 0 Å².